The predicted octanol–water partition coefficient (Wildman–Crippen LogP) is 7.04. The molecule has 8 rings (SSSR count). The van der Waals surface area contributed by atoms with Crippen LogP contribution in [0.3, 0.4) is 0 Å². The number of pyridine rings is 1. The van der Waals surface area contributed by atoms with Gasteiger partial charge in [0.15, 0.2) is 0 Å². The maximum absolute atomic E-state index is 16.0. The summed E-state index contributed by atoms with van der Waals surface area (Å²) >= 11 is 6.22. The Kier molecular flexibility index (Phi) is 30.0. The first-order chi connectivity index (χ1) is 50.7. The van der Waals surface area contributed by atoms with Crippen molar-refractivity contribution >= 4 is 82.5 Å². The van der Waals surface area contributed by atoms with Gasteiger partial charge in [0.05, 0.1) is 30.1 Å². The van der Waals surface area contributed by atoms with E-state index in [0.717, 1.165) is 79.7 Å². The van der Waals surface area contributed by atoms with E-state index < -0.39 is 173 Å². The molecule has 12 amide bonds. The van der Waals surface area contributed by atoms with E-state index in [9.17, 15) is 32.3 Å². The number of nitrogens with zero attached hydrogens (tertiary/aromatic N) is 10. The lowest BCUT2D eigenvalue weighted by molar-refractivity contribution is -0.158. The van der Waals surface area contributed by atoms with Crippen LogP contribution in [0.4, 0.5) is 13.2 Å². The number of carbonyl (C=O) groups excluding carboxylic acids is 12. The first kappa shape index (κ1) is 84.7. The lowest BCUT2D eigenvalue weighted by Gasteiger charge is -2.44. The minimum Gasteiger partial charge on any atom is -0.343 e. The van der Waals surface area contributed by atoms with Gasteiger partial charge in [0, 0.05) is 87.8 Å². The Balaban J connectivity index is 1.22. The molecule has 592 valence electrons. The van der Waals surface area contributed by atoms with Gasteiger partial charge in [-0.2, -0.15) is 13.2 Å². The molecule has 1 unspecified atom stereocenters. The number of alkyl halides is 3. The van der Waals surface area contributed by atoms with Crippen molar-refractivity contribution in [2.24, 2.45) is 23.7 Å². The second-order valence-corrected chi connectivity index (χ2v) is 32.0. The summed E-state index contributed by atoms with van der Waals surface area (Å²) in [6, 6.07) is -3.72. The number of hydrogen-bond acceptors (Lipinski definition) is 13. The number of piperidine rings is 1. The van der Waals surface area contributed by atoms with Crippen LogP contribution < -0.4 is 16.0 Å². The van der Waals surface area contributed by atoms with Crippen molar-refractivity contribution < 1.29 is 70.7 Å². The summed E-state index contributed by atoms with van der Waals surface area (Å²) in [7, 11) is 10.1. The fraction of sp³-hybridized carbons (Fsp3) is 0.705. The molecule has 3 aliphatic heterocycles. The van der Waals surface area contributed by atoms with Gasteiger partial charge in [-0.25, -0.2) is 0 Å². The van der Waals surface area contributed by atoms with Crippen molar-refractivity contribution in [2.45, 2.75) is 248 Å². The molecule has 0 bridgehead atoms. The van der Waals surface area contributed by atoms with Gasteiger partial charge in [-0.3, -0.25) is 62.5 Å². The molecule has 3 saturated heterocycles. The molecule has 1 aromatic carbocycles. The number of carbonyl (C=O) groups is 12. The molecule has 1 spiro atoms. The normalized spacial score (nSPS) is 26.5. The SMILES string of the molecule is CC[C@H](C)[C@@H]1NC(=O)[C@H](CC(C)C)N(C)C(=O)C[C@@H](C(=O)N2CCCCC2)N(C)C(=O)[C@H](C2CCCCC2)N(C)C(=O)C2(CCCC2)NC(=O)[C@H](Cc2ccncc2)N(C)C(=O)[C@H](CCc2ccc(C(F)(F)F)c(Cl)c2)NC(=O)CN(C)C(=O)[C@H](CC2CCCCC2)N(C)C(=O)C2CCN2C(=O)CN(C)C1=O. The van der Waals surface area contributed by atoms with E-state index in [0.29, 0.717) is 63.6 Å². The number of halogens is 4. The third kappa shape index (κ3) is 21.1. The maximum Gasteiger partial charge on any atom is 0.417 e. The standard InChI is InChI=1S/C78H115ClF3N13O12/c1-12-50(4)66-74(105)88(6)48-65(98)95-41-34-58(95)72(103)91(9)61(45-51-24-16-13-17-25-51)71(102)87(5)47-63(96)84-57(31-29-52-28-30-55(56(79)43-52)78(80,81)82)70(101)90(8)60(44-53-32-37-83-38-33-53)69(100)86-77(35-20-21-36-77)76(107)93(11)67(54-26-18-14-19-27-54)75(106)92(10)62(73(104)94-39-22-15-23-40-94)46-64(97)89(7)59(42-49(2)3)68(99)85-66/h28,30,32-33,37-38,43,49-51,54,57-62,66-67H,12-27,29,31,34-36,39-42,44-48H2,1-11H3,(H,84,96)(H,85,99)(H,86,100)/t50-,57-,58?,59-,60-,61-,62-,66-,67-/m0/s1. The van der Waals surface area contributed by atoms with Gasteiger partial charge in [-0.05, 0) is 136 Å². The summed E-state index contributed by atoms with van der Waals surface area (Å²) in [6.07, 6.45) is 9.21. The van der Waals surface area contributed by atoms with Crippen LogP contribution >= 0.6 is 11.6 Å². The lowest BCUT2D eigenvalue weighted by Crippen LogP contribution is -2.66. The average Bonchev–Trinajstić information content (AvgIpc) is 1.74. The van der Waals surface area contributed by atoms with E-state index in [4.69, 9.17) is 11.6 Å². The summed E-state index contributed by atoms with van der Waals surface area (Å²) in [5.41, 5.74) is -1.93. The zero-order valence-corrected chi connectivity index (χ0v) is 65.3. The number of nitrogens with one attached hydrogen (secondary N) is 3. The van der Waals surface area contributed by atoms with E-state index in [1.165, 1.54) is 97.2 Å². The summed E-state index contributed by atoms with van der Waals surface area (Å²) in [4.78, 5) is 198. The highest BCUT2D eigenvalue weighted by atomic mass is 35.5. The Morgan fingerprint density at radius 3 is 1.81 bits per heavy atom. The van der Waals surface area contributed by atoms with Gasteiger partial charge in [0.1, 0.15) is 53.9 Å². The number of aromatic nitrogens is 1. The molecule has 25 nitrogen and oxygen atoms in total. The Labute approximate surface area is 633 Å². The number of amides is 12. The van der Waals surface area contributed by atoms with Crippen molar-refractivity contribution in [3.63, 3.8) is 0 Å². The van der Waals surface area contributed by atoms with Gasteiger partial charge in [0.2, 0.25) is 70.9 Å². The molecule has 9 atom stereocenters. The number of likely N-dealkylation sites (N-methyl/N-ethyl adjacent to an activating group) is 7. The van der Waals surface area contributed by atoms with Crippen molar-refractivity contribution in [1.29, 1.82) is 0 Å². The fourth-order valence-corrected chi connectivity index (χ4v) is 16.9. The number of benzene rings is 1. The molecule has 3 saturated carbocycles. The van der Waals surface area contributed by atoms with Gasteiger partial charge in [-0.1, -0.05) is 116 Å². The highest BCUT2D eigenvalue weighted by molar-refractivity contribution is 6.31. The monoisotopic (exact) mass is 1520 g/mol. The van der Waals surface area contributed by atoms with Crippen molar-refractivity contribution in [2.75, 3.05) is 82.1 Å². The van der Waals surface area contributed by atoms with E-state index in [1.54, 1.807) is 24.0 Å². The quantitative estimate of drug-likeness (QED) is 0.182. The first-order valence-corrected chi connectivity index (χ1v) is 39.1. The Morgan fingerprint density at radius 2 is 1.22 bits per heavy atom. The number of aryl methyl sites for hydroxylation is 1. The molecule has 6 fully saturated rings. The number of rotatable bonds is 13. The van der Waals surface area contributed by atoms with E-state index in [-0.39, 0.29) is 75.3 Å². The molecule has 29 heteroatoms. The van der Waals surface area contributed by atoms with Crippen LogP contribution in [0.15, 0.2) is 42.7 Å². The average molecular weight is 1520 g/mol. The number of fused-ring (bicyclic) bond motifs is 1. The van der Waals surface area contributed by atoms with E-state index in [1.807, 2.05) is 20.8 Å². The van der Waals surface area contributed by atoms with E-state index in [2.05, 4.69) is 20.9 Å². The first-order valence-electron chi connectivity index (χ1n) is 38.8. The molecule has 1 aromatic heterocycles. The highest BCUT2D eigenvalue weighted by Gasteiger charge is 2.52. The summed E-state index contributed by atoms with van der Waals surface area (Å²) < 4.78 is 42.0. The minimum absolute atomic E-state index is 0.00781. The van der Waals surface area contributed by atoms with Crippen LogP contribution in [-0.2, 0) is 76.6 Å². The van der Waals surface area contributed by atoms with Crippen LogP contribution in [0.25, 0.3) is 0 Å². The van der Waals surface area contributed by atoms with Crippen LogP contribution in [0.2, 0.25) is 5.02 Å². The van der Waals surface area contributed by atoms with Crippen molar-refractivity contribution in [3.8, 4) is 0 Å². The zero-order chi connectivity index (χ0) is 78.4. The summed E-state index contributed by atoms with van der Waals surface area (Å²) in [5, 5.41) is 8.23. The fourth-order valence-electron chi connectivity index (χ4n) is 16.6. The smallest absolute Gasteiger partial charge is 0.343 e. The van der Waals surface area contributed by atoms with Crippen LogP contribution in [0, 0.1) is 23.7 Å². The zero-order valence-electron chi connectivity index (χ0n) is 64.6. The molecule has 2 aromatic rings. The van der Waals surface area contributed by atoms with Gasteiger partial charge in [-0.15, -0.1) is 0 Å². The van der Waals surface area contributed by atoms with Crippen molar-refractivity contribution in [1.82, 2.24) is 65.0 Å². The minimum atomic E-state index is -4.78. The Hall–Kier alpha value is -7.91. The third-order valence-electron chi connectivity index (χ3n) is 23.6. The molecule has 4 heterocycles. The van der Waals surface area contributed by atoms with Gasteiger partial charge in [0.25, 0.3) is 0 Å². The number of hydrogen-bond donors (Lipinski definition) is 3. The third-order valence-corrected chi connectivity index (χ3v) is 23.9. The lowest BCUT2D eigenvalue weighted by atomic mass is 9.81. The maximum atomic E-state index is 16.0. The van der Waals surface area contributed by atoms with Gasteiger partial charge < -0.3 is 60.0 Å². The Bertz CT molecular complexity index is 3490. The summed E-state index contributed by atoms with van der Waals surface area (Å²) in [6.45, 7) is 7.10. The van der Waals surface area contributed by atoms with Crippen LogP contribution in [0.5, 0.6) is 0 Å². The summed E-state index contributed by atoms with van der Waals surface area (Å²) in [5.74, 6) is -8.91. The highest BCUT2D eigenvalue weighted by Crippen LogP contribution is 2.39. The molecule has 107 heavy (non-hydrogen) atoms. The Morgan fingerprint density at radius 1 is 0.617 bits per heavy atom. The van der Waals surface area contributed by atoms with Gasteiger partial charge >= 0.3 is 6.18 Å². The molecule has 3 aliphatic carbocycles. The molecule has 3 N–H and O–H groups in total. The predicted molar refractivity (Wildman–Crippen MR) is 396 cm³/mol. The van der Waals surface area contributed by atoms with Crippen LogP contribution in [0.1, 0.15) is 192 Å². The molecular formula is C78H115ClF3N13O12. The molecule has 6 aliphatic rings. The topological polar surface area (TPSA) is 283 Å². The largest absolute Gasteiger partial charge is 0.417 e. The van der Waals surface area contributed by atoms with E-state index >= 15 is 38.4 Å². The molecular weight excluding hydrogens is 1400 g/mol. The molecule has 0 radical (unpaired) electrons. The number of likely N-dealkylation sites (tertiary alicyclic amines) is 1. The second kappa shape index (κ2) is 38.0. The van der Waals surface area contributed by atoms with Crippen LogP contribution in [-0.4, -0.2) is 256 Å². The second-order valence-electron chi connectivity index (χ2n) is 31.6. The van der Waals surface area contributed by atoms with Crippen molar-refractivity contribution in [3.05, 3.63) is 64.4 Å².